The maximum Gasteiger partial charge on any atom is 0.457 e. The van der Waals surface area contributed by atoms with Crippen molar-refractivity contribution in [2.24, 2.45) is 17.6 Å². The number of carbonyl (C=O) groups excluding carboxylic acids is 1. The summed E-state index contributed by atoms with van der Waals surface area (Å²) in [6, 6.07) is -0.244. The van der Waals surface area contributed by atoms with Crippen LogP contribution in [-0.4, -0.2) is 50.5 Å². The molecule has 2 fully saturated rings. The van der Waals surface area contributed by atoms with Gasteiger partial charge in [-0.2, -0.15) is 0 Å². The second-order valence-corrected chi connectivity index (χ2v) is 7.69. The molecule has 2 unspecified atom stereocenters. The van der Waals surface area contributed by atoms with Gasteiger partial charge in [-0.25, -0.2) is 0 Å². The Bertz CT molecular complexity index is 414. The Morgan fingerprint density at radius 3 is 2.43 bits per heavy atom. The molecule has 0 bridgehead atoms. The lowest BCUT2D eigenvalue weighted by molar-refractivity contribution is -0.144. The molecule has 2 saturated heterocycles. The van der Waals surface area contributed by atoms with Crippen LogP contribution >= 0.6 is 0 Å². The largest absolute Gasteiger partial charge is 0.468 e. The van der Waals surface area contributed by atoms with E-state index in [9.17, 15) is 4.79 Å². The molecule has 6 nitrogen and oxygen atoms in total. The number of hydrogen-bond donors (Lipinski definition) is 2. The molecule has 3 N–H and O–H groups in total. The van der Waals surface area contributed by atoms with Crippen molar-refractivity contribution in [2.45, 2.75) is 64.1 Å². The molecular formula is C16H31BN2O4. The molecule has 0 spiro atoms. The van der Waals surface area contributed by atoms with Crippen molar-refractivity contribution < 1.29 is 18.8 Å². The van der Waals surface area contributed by atoms with Crippen molar-refractivity contribution in [2.75, 3.05) is 20.2 Å². The summed E-state index contributed by atoms with van der Waals surface area (Å²) in [5, 5.41) is 3.25. The van der Waals surface area contributed by atoms with Gasteiger partial charge in [0.2, 0.25) is 0 Å². The maximum absolute atomic E-state index is 11.9. The molecule has 3 atom stereocenters. The van der Waals surface area contributed by atoms with E-state index >= 15 is 0 Å². The number of nitrogens with one attached hydrogen (secondary N) is 1. The summed E-state index contributed by atoms with van der Waals surface area (Å²) in [7, 11) is 1.25. The first-order valence-electron chi connectivity index (χ1n) is 8.58. The van der Waals surface area contributed by atoms with E-state index < -0.39 is 0 Å². The molecule has 0 aromatic rings. The average molecular weight is 326 g/mol. The third-order valence-corrected chi connectivity index (χ3v) is 5.67. The van der Waals surface area contributed by atoms with Crippen LogP contribution < -0.4 is 11.1 Å². The third-order valence-electron chi connectivity index (χ3n) is 5.67. The van der Waals surface area contributed by atoms with Crippen LogP contribution in [0.15, 0.2) is 0 Å². The van der Waals surface area contributed by atoms with Crippen molar-refractivity contribution >= 4 is 13.1 Å². The van der Waals surface area contributed by atoms with E-state index in [2.05, 4.69) is 33.0 Å². The average Bonchev–Trinajstić information content (AvgIpc) is 2.96. The highest BCUT2D eigenvalue weighted by molar-refractivity contribution is 6.45. The lowest BCUT2D eigenvalue weighted by Gasteiger charge is -2.32. The van der Waals surface area contributed by atoms with Crippen LogP contribution in [0.2, 0.25) is 6.32 Å². The fourth-order valence-electron chi connectivity index (χ4n) is 3.50. The van der Waals surface area contributed by atoms with Crippen molar-refractivity contribution in [1.82, 2.24) is 5.32 Å². The van der Waals surface area contributed by atoms with Gasteiger partial charge in [0.1, 0.15) is 6.04 Å². The Morgan fingerprint density at radius 2 is 1.91 bits per heavy atom. The SMILES string of the molecule is COC(=O)[C@H]1NCC(CN)C1CCCB1OC(C)(C)C(C)(C)O1. The van der Waals surface area contributed by atoms with Crippen LogP contribution in [0.25, 0.3) is 0 Å². The number of methoxy groups -OCH3 is 1. The Balaban J connectivity index is 1.86. The van der Waals surface area contributed by atoms with Gasteiger partial charge in [-0.15, -0.1) is 0 Å². The molecule has 0 radical (unpaired) electrons. The highest BCUT2D eigenvalue weighted by Gasteiger charge is 2.50. The number of hydrogen-bond acceptors (Lipinski definition) is 6. The highest BCUT2D eigenvalue weighted by atomic mass is 16.7. The zero-order valence-corrected chi connectivity index (χ0v) is 15.1. The van der Waals surface area contributed by atoms with Crippen molar-refractivity contribution in [1.29, 1.82) is 0 Å². The Labute approximate surface area is 139 Å². The standard InChI is InChI=1S/C16H31BN2O4/c1-15(2)16(3,4)23-17(22-15)8-6-7-12-11(9-18)10-19-13(12)14(20)21-5/h11-13,19H,6-10,18H2,1-5H3/t11?,12?,13-/m0/s1. The van der Waals surface area contributed by atoms with Crippen LogP contribution in [0.5, 0.6) is 0 Å². The van der Waals surface area contributed by atoms with Gasteiger partial charge in [-0.3, -0.25) is 4.79 Å². The van der Waals surface area contributed by atoms with Gasteiger partial charge in [0.25, 0.3) is 0 Å². The molecular weight excluding hydrogens is 295 g/mol. The van der Waals surface area contributed by atoms with Gasteiger partial charge >= 0.3 is 13.1 Å². The minimum absolute atomic E-state index is 0.178. The van der Waals surface area contributed by atoms with E-state index in [-0.39, 0.29) is 36.2 Å². The summed E-state index contributed by atoms with van der Waals surface area (Å²) < 4.78 is 16.9. The summed E-state index contributed by atoms with van der Waals surface area (Å²) in [5.74, 6) is 0.342. The van der Waals surface area contributed by atoms with Crippen LogP contribution in [0.4, 0.5) is 0 Å². The molecule has 23 heavy (non-hydrogen) atoms. The number of nitrogens with two attached hydrogens (primary N) is 1. The van der Waals surface area contributed by atoms with Gasteiger partial charge in [0, 0.05) is 6.54 Å². The second-order valence-electron chi connectivity index (χ2n) is 7.69. The predicted octanol–water partition coefficient (Wildman–Crippen LogP) is 1.19. The summed E-state index contributed by atoms with van der Waals surface area (Å²) in [6.45, 7) is 9.60. The molecule has 7 heteroatoms. The molecule has 0 amide bonds. The Hall–Kier alpha value is -0.625. The van der Waals surface area contributed by atoms with Crippen LogP contribution in [0, 0.1) is 11.8 Å². The molecule has 0 aliphatic carbocycles. The van der Waals surface area contributed by atoms with E-state index in [1.54, 1.807) is 0 Å². The van der Waals surface area contributed by atoms with Crippen LogP contribution in [0.3, 0.4) is 0 Å². The number of carbonyl (C=O) groups is 1. The summed E-state index contributed by atoms with van der Waals surface area (Å²) in [6.07, 6.45) is 2.68. The van der Waals surface area contributed by atoms with Crippen molar-refractivity contribution in [3.8, 4) is 0 Å². The third kappa shape index (κ3) is 3.90. The van der Waals surface area contributed by atoms with Gasteiger partial charge in [-0.1, -0.05) is 6.42 Å². The fraction of sp³-hybridized carbons (Fsp3) is 0.938. The van der Waals surface area contributed by atoms with Gasteiger partial charge in [-0.05, 0) is 58.8 Å². The smallest absolute Gasteiger partial charge is 0.457 e. The van der Waals surface area contributed by atoms with E-state index in [0.29, 0.717) is 12.5 Å². The quantitative estimate of drug-likeness (QED) is 0.564. The van der Waals surface area contributed by atoms with Gasteiger partial charge in [0.05, 0.1) is 18.3 Å². The summed E-state index contributed by atoms with van der Waals surface area (Å²) >= 11 is 0. The minimum Gasteiger partial charge on any atom is -0.468 e. The topological polar surface area (TPSA) is 82.8 Å². The fourth-order valence-corrected chi connectivity index (χ4v) is 3.50. The summed E-state index contributed by atoms with van der Waals surface area (Å²) in [5.41, 5.74) is 5.27. The maximum atomic E-state index is 11.9. The van der Waals surface area contributed by atoms with Gasteiger partial charge in [0.15, 0.2) is 0 Å². The minimum atomic E-state index is -0.291. The molecule has 2 heterocycles. The van der Waals surface area contributed by atoms with E-state index in [1.165, 1.54) is 7.11 Å². The predicted molar refractivity (Wildman–Crippen MR) is 90.0 cm³/mol. The molecule has 0 aromatic carbocycles. The lowest BCUT2D eigenvalue weighted by atomic mass is 9.78. The van der Waals surface area contributed by atoms with E-state index in [1.807, 2.05) is 0 Å². The zero-order chi connectivity index (χ0) is 17.3. The van der Waals surface area contributed by atoms with E-state index in [4.69, 9.17) is 19.8 Å². The van der Waals surface area contributed by atoms with Gasteiger partial charge < -0.3 is 25.1 Å². The molecule has 2 aliphatic rings. The van der Waals surface area contributed by atoms with Crippen molar-refractivity contribution in [3.63, 3.8) is 0 Å². The highest BCUT2D eigenvalue weighted by Crippen LogP contribution is 2.38. The lowest BCUT2D eigenvalue weighted by Crippen LogP contribution is -2.41. The van der Waals surface area contributed by atoms with Crippen LogP contribution in [0.1, 0.15) is 40.5 Å². The normalized spacial score (nSPS) is 32.3. The monoisotopic (exact) mass is 326 g/mol. The number of rotatable bonds is 6. The molecule has 2 aliphatic heterocycles. The number of esters is 1. The Kier molecular flexibility index (Phi) is 5.77. The zero-order valence-electron chi connectivity index (χ0n) is 15.1. The first kappa shape index (κ1) is 18.7. The first-order chi connectivity index (χ1) is 10.7. The van der Waals surface area contributed by atoms with Crippen LogP contribution in [-0.2, 0) is 18.8 Å². The van der Waals surface area contributed by atoms with Crippen molar-refractivity contribution in [3.05, 3.63) is 0 Å². The molecule has 2 rings (SSSR count). The Morgan fingerprint density at radius 1 is 1.30 bits per heavy atom. The first-order valence-corrected chi connectivity index (χ1v) is 8.58. The molecule has 0 saturated carbocycles. The van der Waals surface area contributed by atoms with E-state index in [0.717, 1.165) is 25.7 Å². The number of ether oxygens (including phenoxy) is 1. The molecule has 0 aromatic heterocycles. The second kappa shape index (κ2) is 7.09. The summed E-state index contributed by atoms with van der Waals surface area (Å²) in [4.78, 5) is 11.9. The molecule has 132 valence electrons.